The van der Waals surface area contributed by atoms with Crippen LogP contribution in [0.15, 0.2) is 43.0 Å². The Bertz CT molecular complexity index is 359. The molecular formula is C17H24. The van der Waals surface area contributed by atoms with Crippen molar-refractivity contribution in [1.29, 1.82) is 0 Å². The van der Waals surface area contributed by atoms with Crippen LogP contribution >= 0.6 is 0 Å². The molecule has 0 bridgehead atoms. The van der Waals surface area contributed by atoms with E-state index in [1.165, 1.54) is 31.2 Å². The SMILES string of the molecule is C=C[C@](C)(C1CCCC1)[C@H](C)c1ccccc1. The summed E-state index contributed by atoms with van der Waals surface area (Å²) in [6.07, 6.45) is 7.76. The van der Waals surface area contributed by atoms with Gasteiger partial charge < -0.3 is 0 Å². The molecule has 1 aromatic carbocycles. The van der Waals surface area contributed by atoms with Gasteiger partial charge in [-0.3, -0.25) is 0 Å². The van der Waals surface area contributed by atoms with Crippen LogP contribution in [0.1, 0.15) is 51.0 Å². The molecule has 0 nitrogen and oxygen atoms in total. The number of allylic oxidation sites excluding steroid dienone is 1. The molecule has 1 aliphatic rings. The lowest BCUT2D eigenvalue weighted by Crippen LogP contribution is -2.29. The first-order valence-corrected chi connectivity index (χ1v) is 6.87. The van der Waals surface area contributed by atoms with Gasteiger partial charge in [0.05, 0.1) is 0 Å². The summed E-state index contributed by atoms with van der Waals surface area (Å²) in [4.78, 5) is 0. The summed E-state index contributed by atoms with van der Waals surface area (Å²) in [6.45, 7) is 8.88. The third-order valence-electron chi connectivity index (χ3n) is 4.91. The summed E-state index contributed by atoms with van der Waals surface area (Å²) in [5.41, 5.74) is 1.69. The van der Waals surface area contributed by atoms with E-state index in [1.54, 1.807) is 0 Å². The van der Waals surface area contributed by atoms with Crippen LogP contribution in [0.2, 0.25) is 0 Å². The highest BCUT2D eigenvalue weighted by atomic mass is 14.4. The Morgan fingerprint density at radius 1 is 1.24 bits per heavy atom. The largest absolute Gasteiger partial charge is 0.103 e. The Balaban J connectivity index is 2.25. The van der Waals surface area contributed by atoms with Gasteiger partial charge in [-0.25, -0.2) is 0 Å². The van der Waals surface area contributed by atoms with Gasteiger partial charge in [0.2, 0.25) is 0 Å². The van der Waals surface area contributed by atoms with Crippen molar-refractivity contribution in [2.75, 3.05) is 0 Å². The standard InChI is InChI=1S/C17H24/c1-4-17(3,16-12-8-9-13-16)14(2)15-10-6-5-7-11-15/h4-7,10-11,14,16H,1,8-9,12-13H2,2-3H3/t14-,17+/m1/s1. The molecule has 0 amide bonds. The van der Waals surface area contributed by atoms with E-state index in [-0.39, 0.29) is 5.41 Å². The maximum atomic E-state index is 4.12. The Morgan fingerprint density at radius 2 is 1.82 bits per heavy atom. The molecule has 0 N–H and O–H groups in total. The van der Waals surface area contributed by atoms with Crippen molar-refractivity contribution in [2.45, 2.75) is 45.4 Å². The van der Waals surface area contributed by atoms with Crippen LogP contribution in [0.25, 0.3) is 0 Å². The minimum atomic E-state index is 0.248. The van der Waals surface area contributed by atoms with Gasteiger partial charge in [-0.05, 0) is 35.7 Å². The van der Waals surface area contributed by atoms with Crippen LogP contribution in [-0.4, -0.2) is 0 Å². The van der Waals surface area contributed by atoms with Crippen molar-refractivity contribution >= 4 is 0 Å². The molecule has 92 valence electrons. The second-order valence-electron chi connectivity index (χ2n) is 5.68. The van der Waals surface area contributed by atoms with E-state index in [0.717, 1.165) is 5.92 Å². The van der Waals surface area contributed by atoms with Gasteiger partial charge in [0.1, 0.15) is 0 Å². The zero-order chi connectivity index (χ0) is 12.3. The third-order valence-corrected chi connectivity index (χ3v) is 4.91. The van der Waals surface area contributed by atoms with Gasteiger partial charge >= 0.3 is 0 Å². The van der Waals surface area contributed by atoms with E-state index >= 15 is 0 Å². The lowest BCUT2D eigenvalue weighted by Gasteiger charge is -2.39. The van der Waals surface area contributed by atoms with Crippen LogP contribution in [0.4, 0.5) is 0 Å². The molecule has 0 saturated heterocycles. The summed E-state index contributed by atoms with van der Waals surface area (Å²) < 4.78 is 0. The van der Waals surface area contributed by atoms with Gasteiger partial charge in [0.15, 0.2) is 0 Å². The molecule has 2 atom stereocenters. The number of hydrogen-bond donors (Lipinski definition) is 0. The van der Waals surface area contributed by atoms with E-state index < -0.39 is 0 Å². The Hall–Kier alpha value is -1.04. The van der Waals surface area contributed by atoms with Crippen LogP contribution < -0.4 is 0 Å². The highest BCUT2D eigenvalue weighted by molar-refractivity contribution is 5.24. The van der Waals surface area contributed by atoms with Gasteiger partial charge in [-0.15, -0.1) is 6.58 Å². The van der Waals surface area contributed by atoms with Crippen LogP contribution in [0.3, 0.4) is 0 Å². The van der Waals surface area contributed by atoms with Gasteiger partial charge in [-0.2, -0.15) is 0 Å². The molecule has 17 heavy (non-hydrogen) atoms. The summed E-state index contributed by atoms with van der Waals surface area (Å²) in [7, 11) is 0. The normalized spacial score (nSPS) is 22.0. The smallest absolute Gasteiger partial charge is 0.00550 e. The average Bonchev–Trinajstić information content (AvgIpc) is 2.92. The second-order valence-corrected chi connectivity index (χ2v) is 5.68. The van der Waals surface area contributed by atoms with Crippen molar-refractivity contribution in [3.8, 4) is 0 Å². The van der Waals surface area contributed by atoms with E-state index in [4.69, 9.17) is 0 Å². The van der Waals surface area contributed by atoms with Crippen LogP contribution in [-0.2, 0) is 0 Å². The van der Waals surface area contributed by atoms with Crippen molar-refractivity contribution < 1.29 is 0 Å². The Labute approximate surface area is 106 Å². The fourth-order valence-electron chi connectivity index (χ4n) is 3.35. The molecule has 2 rings (SSSR count). The molecular weight excluding hydrogens is 204 g/mol. The molecule has 1 aromatic rings. The number of benzene rings is 1. The van der Waals surface area contributed by atoms with Gasteiger partial charge in [-0.1, -0.05) is 63.1 Å². The maximum Gasteiger partial charge on any atom is -0.00550 e. The van der Waals surface area contributed by atoms with E-state index in [0.29, 0.717) is 5.92 Å². The molecule has 0 heteroatoms. The first-order chi connectivity index (χ1) is 8.18. The van der Waals surface area contributed by atoms with E-state index in [9.17, 15) is 0 Å². The molecule has 1 fully saturated rings. The summed E-state index contributed by atoms with van der Waals surface area (Å²) in [6, 6.07) is 10.9. The lowest BCUT2D eigenvalue weighted by molar-refractivity contribution is 0.217. The molecule has 0 radical (unpaired) electrons. The van der Waals surface area contributed by atoms with Crippen molar-refractivity contribution in [3.63, 3.8) is 0 Å². The van der Waals surface area contributed by atoms with Gasteiger partial charge in [0.25, 0.3) is 0 Å². The topological polar surface area (TPSA) is 0 Å². The van der Waals surface area contributed by atoms with Crippen LogP contribution in [0.5, 0.6) is 0 Å². The predicted octanol–water partition coefficient (Wildman–Crippen LogP) is 5.17. The predicted molar refractivity (Wildman–Crippen MR) is 75.1 cm³/mol. The highest BCUT2D eigenvalue weighted by Gasteiger charge is 2.38. The fraction of sp³-hybridized carbons (Fsp3) is 0.529. The Morgan fingerprint density at radius 3 is 2.35 bits per heavy atom. The minimum absolute atomic E-state index is 0.248. The summed E-state index contributed by atoms with van der Waals surface area (Å²) >= 11 is 0. The lowest BCUT2D eigenvalue weighted by atomic mass is 9.65. The zero-order valence-electron chi connectivity index (χ0n) is 11.2. The summed E-state index contributed by atoms with van der Waals surface area (Å²) in [5.74, 6) is 1.37. The van der Waals surface area contributed by atoms with Crippen molar-refractivity contribution in [3.05, 3.63) is 48.6 Å². The van der Waals surface area contributed by atoms with Crippen LogP contribution in [0, 0.1) is 11.3 Å². The minimum Gasteiger partial charge on any atom is -0.103 e. The number of hydrogen-bond acceptors (Lipinski definition) is 0. The quantitative estimate of drug-likeness (QED) is 0.623. The third kappa shape index (κ3) is 2.31. The van der Waals surface area contributed by atoms with E-state index in [2.05, 4.69) is 56.8 Å². The first-order valence-electron chi connectivity index (χ1n) is 6.87. The molecule has 1 aliphatic carbocycles. The average molecular weight is 228 g/mol. The second kappa shape index (κ2) is 5.08. The highest BCUT2D eigenvalue weighted by Crippen LogP contribution is 2.49. The van der Waals surface area contributed by atoms with Gasteiger partial charge in [0, 0.05) is 0 Å². The molecule has 1 saturated carbocycles. The molecule has 0 aromatic heterocycles. The molecule has 0 aliphatic heterocycles. The number of rotatable bonds is 4. The van der Waals surface area contributed by atoms with Crippen molar-refractivity contribution in [1.82, 2.24) is 0 Å². The monoisotopic (exact) mass is 228 g/mol. The summed E-state index contributed by atoms with van der Waals surface area (Å²) in [5, 5.41) is 0. The van der Waals surface area contributed by atoms with Crippen molar-refractivity contribution in [2.24, 2.45) is 11.3 Å². The fourth-order valence-corrected chi connectivity index (χ4v) is 3.35. The van der Waals surface area contributed by atoms with E-state index in [1.807, 2.05) is 0 Å². The Kier molecular flexibility index (Phi) is 3.71. The maximum absolute atomic E-state index is 4.12. The first kappa shape index (κ1) is 12.4. The molecule has 0 unspecified atom stereocenters. The molecule has 0 spiro atoms. The zero-order valence-corrected chi connectivity index (χ0v) is 11.2. The molecule has 0 heterocycles.